The number of nitrogens with zero attached hydrogens (tertiary/aromatic N) is 3. The van der Waals surface area contributed by atoms with Gasteiger partial charge < -0.3 is 23.6 Å². The number of aliphatic hydroxyl groups excluding tert-OH is 1. The van der Waals surface area contributed by atoms with Gasteiger partial charge >= 0.3 is 0 Å². The summed E-state index contributed by atoms with van der Waals surface area (Å²) in [6.45, 7) is 3.99. The second-order valence-corrected chi connectivity index (χ2v) is 6.98. The zero-order valence-electron chi connectivity index (χ0n) is 15.0. The van der Waals surface area contributed by atoms with E-state index in [9.17, 15) is 10.4 Å². The lowest BCUT2D eigenvalue weighted by molar-refractivity contribution is -0.0598. The Morgan fingerprint density at radius 1 is 1.26 bits per heavy atom. The second-order valence-electron chi connectivity index (χ2n) is 6.98. The fourth-order valence-electron chi connectivity index (χ4n) is 3.39. The van der Waals surface area contributed by atoms with Crippen molar-refractivity contribution in [3.63, 3.8) is 0 Å². The first-order chi connectivity index (χ1) is 13.0. The number of hydrogen-bond donors (Lipinski definition) is 1. The number of fused-ring (bicyclic) bond motifs is 1. The second kappa shape index (κ2) is 6.49. The molecular weight excluding hydrogens is 346 g/mol. The summed E-state index contributed by atoms with van der Waals surface area (Å²) in [5, 5.41) is 20.5. The van der Waals surface area contributed by atoms with E-state index in [-0.39, 0.29) is 0 Å². The molecule has 7 nitrogen and oxygen atoms in total. The third-order valence-corrected chi connectivity index (χ3v) is 4.75. The van der Waals surface area contributed by atoms with Crippen molar-refractivity contribution in [1.29, 1.82) is 5.26 Å². The number of aliphatic hydroxyl groups is 1. The molecule has 27 heavy (non-hydrogen) atoms. The lowest BCUT2D eigenvalue weighted by atomic mass is 9.85. The molecule has 1 aromatic carbocycles. The molecule has 0 saturated heterocycles. The van der Waals surface area contributed by atoms with Crippen LogP contribution in [-0.4, -0.2) is 21.8 Å². The number of nitriles is 1. The summed E-state index contributed by atoms with van der Waals surface area (Å²) in [5.41, 5.74) is 0.338. The van der Waals surface area contributed by atoms with Crippen LogP contribution >= 0.6 is 0 Å². The maximum Gasteiger partial charge on any atom is 0.298 e. The smallest absolute Gasteiger partial charge is 0.298 e. The van der Waals surface area contributed by atoms with E-state index < -0.39 is 17.7 Å². The van der Waals surface area contributed by atoms with Crippen molar-refractivity contribution >= 4 is 6.01 Å². The number of aromatic nitrogens is 1. The third-order valence-electron chi connectivity index (χ3n) is 4.75. The van der Waals surface area contributed by atoms with Gasteiger partial charge in [0.2, 0.25) is 0 Å². The quantitative estimate of drug-likeness (QED) is 0.757. The number of ether oxygens (including phenoxy) is 1. The van der Waals surface area contributed by atoms with Crippen LogP contribution in [0, 0.1) is 11.3 Å². The van der Waals surface area contributed by atoms with E-state index in [1.165, 1.54) is 6.26 Å². The van der Waals surface area contributed by atoms with Crippen molar-refractivity contribution in [2.75, 3.05) is 4.90 Å². The minimum atomic E-state index is -0.902. The highest BCUT2D eigenvalue weighted by molar-refractivity contribution is 5.50. The Morgan fingerprint density at radius 2 is 2.11 bits per heavy atom. The van der Waals surface area contributed by atoms with Crippen LogP contribution in [0.15, 0.2) is 57.9 Å². The van der Waals surface area contributed by atoms with Crippen molar-refractivity contribution in [2.45, 2.75) is 38.1 Å². The normalized spacial score (nSPS) is 20.4. The molecule has 0 bridgehead atoms. The first kappa shape index (κ1) is 17.2. The molecule has 0 aliphatic carbocycles. The van der Waals surface area contributed by atoms with Crippen LogP contribution < -0.4 is 9.64 Å². The molecule has 3 aromatic rings. The highest BCUT2D eigenvalue weighted by Crippen LogP contribution is 2.44. The summed E-state index contributed by atoms with van der Waals surface area (Å²) in [6, 6.07) is 10.8. The summed E-state index contributed by atoms with van der Waals surface area (Å²) < 4.78 is 17.0. The molecule has 4 rings (SSSR count). The molecule has 1 aliphatic heterocycles. The van der Waals surface area contributed by atoms with E-state index in [1.807, 2.05) is 24.8 Å². The number of oxazole rings is 1. The lowest BCUT2D eigenvalue weighted by Gasteiger charge is -2.45. The third kappa shape index (κ3) is 3.04. The van der Waals surface area contributed by atoms with E-state index in [0.29, 0.717) is 35.2 Å². The first-order valence-corrected chi connectivity index (χ1v) is 8.59. The summed E-state index contributed by atoms with van der Waals surface area (Å²) in [5.74, 6) is 1.31. The Bertz CT molecular complexity index is 958. The van der Waals surface area contributed by atoms with E-state index in [0.717, 1.165) is 0 Å². The molecule has 0 spiro atoms. The zero-order chi connectivity index (χ0) is 19.0. The molecule has 3 heterocycles. The molecule has 7 heteroatoms. The minimum Gasteiger partial charge on any atom is -0.485 e. The maximum atomic E-state index is 11.2. The zero-order valence-corrected chi connectivity index (χ0v) is 15.0. The summed E-state index contributed by atoms with van der Waals surface area (Å²) in [6.07, 6.45) is 3.72. The van der Waals surface area contributed by atoms with Crippen molar-refractivity contribution < 1.29 is 18.7 Å². The van der Waals surface area contributed by atoms with Crippen LogP contribution in [0.5, 0.6) is 5.75 Å². The molecule has 2 atom stereocenters. The molecular formula is C20H19N3O4. The topological polar surface area (TPSA) is 95.7 Å². The van der Waals surface area contributed by atoms with Gasteiger partial charge in [-0.1, -0.05) is 0 Å². The molecule has 2 aromatic heterocycles. The average Bonchev–Trinajstić information content (AvgIpc) is 3.35. The van der Waals surface area contributed by atoms with Gasteiger partial charge in [-0.15, -0.1) is 0 Å². The molecule has 1 N–H and O–H groups in total. The van der Waals surface area contributed by atoms with Gasteiger partial charge in [-0.2, -0.15) is 5.26 Å². The SMILES string of the molecule is CC1(C)Oc2ccc(C#N)cc2C(N(Cc2ccco2)c2ncco2)[C@H]1O. The lowest BCUT2D eigenvalue weighted by Crippen LogP contribution is -2.53. The van der Waals surface area contributed by atoms with E-state index >= 15 is 0 Å². The van der Waals surface area contributed by atoms with Gasteiger partial charge in [0, 0.05) is 5.56 Å². The molecule has 1 unspecified atom stereocenters. The molecule has 0 amide bonds. The number of anilines is 1. The summed E-state index contributed by atoms with van der Waals surface area (Å²) in [4.78, 5) is 6.10. The van der Waals surface area contributed by atoms with Crippen LogP contribution in [-0.2, 0) is 6.54 Å². The summed E-state index contributed by atoms with van der Waals surface area (Å²) in [7, 11) is 0. The van der Waals surface area contributed by atoms with Crippen LogP contribution in [0.1, 0.15) is 36.8 Å². The Balaban J connectivity index is 1.86. The number of hydrogen-bond acceptors (Lipinski definition) is 7. The monoisotopic (exact) mass is 365 g/mol. The predicted octanol–water partition coefficient (Wildman–Crippen LogP) is 3.42. The van der Waals surface area contributed by atoms with E-state index in [1.54, 1.807) is 36.7 Å². The Hall–Kier alpha value is -3.24. The molecule has 138 valence electrons. The van der Waals surface area contributed by atoms with Crippen LogP contribution in [0.25, 0.3) is 0 Å². The van der Waals surface area contributed by atoms with Crippen molar-refractivity contribution in [2.24, 2.45) is 0 Å². The van der Waals surface area contributed by atoms with Crippen LogP contribution in [0.2, 0.25) is 0 Å². The van der Waals surface area contributed by atoms with Crippen molar-refractivity contribution in [3.05, 3.63) is 65.9 Å². The number of furan rings is 1. The average molecular weight is 365 g/mol. The Labute approximate surface area is 156 Å². The minimum absolute atomic E-state index is 0.335. The highest BCUT2D eigenvalue weighted by Gasteiger charge is 2.46. The van der Waals surface area contributed by atoms with Gasteiger partial charge in [0.1, 0.15) is 29.5 Å². The molecule has 1 aliphatic rings. The van der Waals surface area contributed by atoms with Crippen molar-refractivity contribution in [1.82, 2.24) is 4.98 Å². The Morgan fingerprint density at radius 3 is 2.78 bits per heavy atom. The van der Waals surface area contributed by atoms with Gasteiger partial charge in [0.25, 0.3) is 6.01 Å². The molecule has 0 fully saturated rings. The van der Waals surface area contributed by atoms with Crippen LogP contribution in [0.4, 0.5) is 6.01 Å². The fraction of sp³-hybridized carbons (Fsp3) is 0.300. The van der Waals surface area contributed by atoms with Crippen molar-refractivity contribution in [3.8, 4) is 11.8 Å². The van der Waals surface area contributed by atoms with E-state index in [2.05, 4.69) is 11.1 Å². The summed E-state index contributed by atoms with van der Waals surface area (Å²) >= 11 is 0. The largest absolute Gasteiger partial charge is 0.485 e. The van der Waals surface area contributed by atoms with Gasteiger partial charge in [-0.25, -0.2) is 4.98 Å². The van der Waals surface area contributed by atoms with Crippen LogP contribution in [0.3, 0.4) is 0 Å². The number of benzene rings is 1. The standard InChI is InChI=1S/C20H19N3O4/c1-20(2)18(24)17(15-10-13(11-21)5-6-16(15)27-20)23(19-22-7-9-26-19)12-14-4-3-8-25-14/h3-10,17-18,24H,12H2,1-2H3/t17?,18-/m1/s1. The van der Waals surface area contributed by atoms with Gasteiger partial charge in [-0.3, -0.25) is 0 Å². The molecule has 0 radical (unpaired) electrons. The number of rotatable bonds is 4. The van der Waals surface area contributed by atoms with Gasteiger partial charge in [-0.05, 0) is 44.2 Å². The van der Waals surface area contributed by atoms with E-state index in [4.69, 9.17) is 13.6 Å². The fourth-order valence-corrected chi connectivity index (χ4v) is 3.39. The highest BCUT2D eigenvalue weighted by atomic mass is 16.5. The first-order valence-electron chi connectivity index (χ1n) is 8.59. The predicted molar refractivity (Wildman–Crippen MR) is 96.0 cm³/mol. The molecule has 0 saturated carbocycles. The van der Waals surface area contributed by atoms with Gasteiger partial charge in [0.15, 0.2) is 0 Å². The maximum absolute atomic E-state index is 11.2. The Kier molecular flexibility index (Phi) is 4.13. The van der Waals surface area contributed by atoms with Gasteiger partial charge in [0.05, 0.1) is 36.7 Å².